The highest BCUT2D eigenvalue weighted by Gasteiger charge is 2.13. The van der Waals surface area contributed by atoms with E-state index in [2.05, 4.69) is 29.5 Å². The van der Waals surface area contributed by atoms with Crippen molar-refractivity contribution in [2.75, 3.05) is 0 Å². The van der Waals surface area contributed by atoms with Crippen molar-refractivity contribution in [1.29, 1.82) is 0 Å². The normalized spacial score (nSPS) is 10.5. The second-order valence-corrected chi connectivity index (χ2v) is 6.96. The van der Waals surface area contributed by atoms with Gasteiger partial charge in [-0.1, -0.05) is 37.6 Å². The largest absolute Gasteiger partial charge is 0.488 e. The molecule has 0 atom stereocenters. The lowest BCUT2D eigenvalue weighted by atomic mass is 10.1. The van der Waals surface area contributed by atoms with Crippen molar-refractivity contribution in [3.05, 3.63) is 55.6 Å². The highest BCUT2D eigenvalue weighted by molar-refractivity contribution is 14.1. The molecular weight excluding hydrogens is 439 g/mol. The summed E-state index contributed by atoms with van der Waals surface area (Å²) in [7, 11) is 0. The van der Waals surface area contributed by atoms with Crippen molar-refractivity contribution in [2.24, 2.45) is 0 Å². The van der Waals surface area contributed by atoms with Crippen LogP contribution in [-0.2, 0) is 17.8 Å². The molecule has 5 heteroatoms. The summed E-state index contributed by atoms with van der Waals surface area (Å²) in [5, 5.41) is 0.707. The molecule has 0 fully saturated rings. The molecule has 0 unspecified atom stereocenters. The Labute approximate surface area is 161 Å². The van der Waals surface area contributed by atoms with E-state index in [0.717, 1.165) is 32.4 Å². The highest BCUT2D eigenvalue weighted by atomic mass is 127. The van der Waals surface area contributed by atoms with E-state index < -0.39 is 0 Å². The van der Waals surface area contributed by atoms with Crippen molar-refractivity contribution in [3.63, 3.8) is 0 Å². The molecule has 2 aromatic carbocycles. The molecule has 0 aromatic heterocycles. The van der Waals surface area contributed by atoms with E-state index in [4.69, 9.17) is 21.1 Å². The van der Waals surface area contributed by atoms with Crippen LogP contribution in [0.25, 0.3) is 0 Å². The van der Waals surface area contributed by atoms with Gasteiger partial charge >= 0.3 is 5.97 Å². The van der Waals surface area contributed by atoms with E-state index in [1.165, 1.54) is 0 Å². The standard InChI is InChI=1S/C19H20ClIO3/c1-4-13-9-12(3)18(10-15(13)20)23-11-14-16(21)7-6-8-17(14)24-19(22)5-2/h6-10H,4-5,11H2,1-3H3. The summed E-state index contributed by atoms with van der Waals surface area (Å²) >= 11 is 8.50. The van der Waals surface area contributed by atoms with Gasteiger partial charge in [0.1, 0.15) is 18.1 Å². The molecular formula is C19H20ClIO3. The van der Waals surface area contributed by atoms with E-state index in [0.29, 0.717) is 23.8 Å². The van der Waals surface area contributed by atoms with Crippen LogP contribution < -0.4 is 9.47 Å². The minimum Gasteiger partial charge on any atom is -0.488 e. The molecule has 0 amide bonds. The van der Waals surface area contributed by atoms with Gasteiger partial charge < -0.3 is 9.47 Å². The Balaban J connectivity index is 2.23. The van der Waals surface area contributed by atoms with Crippen LogP contribution in [-0.4, -0.2) is 5.97 Å². The second kappa shape index (κ2) is 8.72. The van der Waals surface area contributed by atoms with Crippen LogP contribution in [0.1, 0.15) is 37.0 Å². The Morgan fingerprint density at radius 3 is 2.62 bits per heavy atom. The molecule has 0 saturated carbocycles. The molecule has 128 valence electrons. The molecule has 2 rings (SSSR count). The van der Waals surface area contributed by atoms with Crippen LogP contribution in [0.2, 0.25) is 5.02 Å². The van der Waals surface area contributed by atoms with Gasteiger partial charge in [-0.15, -0.1) is 0 Å². The van der Waals surface area contributed by atoms with Crippen LogP contribution in [0.3, 0.4) is 0 Å². The van der Waals surface area contributed by atoms with E-state index >= 15 is 0 Å². The lowest BCUT2D eigenvalue weighted by molar-refractivity contribution is -0.134. The topological polar surface area (TPSA) is 35.5 Å². The molecule has 0 aliphatic rings. The summed E-state index contributed by atoms with van der Waals surface area (Å²) in [6, 6.07) is 9.51. The minimum atomic E-state index is -0.259. The van der Waals surface area contributed by atoms with Gasteiger partial charge in [-0.25, -0.2) is 0 Å². The molecule has 24 heavy (non-hydrogen) atoms. The molecule has 0 radical (unpaired) electrons. The lowest BCUT2D eigenvalue weighted by Crippen LogP contribution is -2.09. The van der Waals surface area contributed by atoms with E-state index in [1.54, 1.807) is 13.0 Å². The third-order valence-electron chi connectivity index (χ3n) is 3.69. The number of benzene rings is 2. The van der Waals surface area contributed by atoms with Crippen LogP contribution in [0.5, 0.6) is 11.5 Å². The first-order chi connectivity index (χ1) is 11.5. The van der Waals surface area contributed by atoms with Crippen molar-refractivity contribution in [2.45, 2.75) is 40.2 Å². The zero-order chi connectivity index (χ0) is 17.7. The summed E-state index contributed by atoms with van der Waals surface area (Å²) in [4.78, 5) is 11.6. The number of carbonyl (C=O) groups excluding carboxylic acids is 1. The summed E-state index contributed by atoms with van der Waals surface area (Å²) in [6.45, 7) is 6.15. The van der Waals surface area contributed by atoms with Crippen LogP contribution in [0, 0.1) is 10.5 Å². The van der Waals surface area contributed by atoms with Gasteiger partial charge in [-0.2, -0.15) is 0 Å². The number of hydrogen-bond acceptors (Lipinski definition) is 3. The number of ether oxygens (including phenoxy) is 2. The molecule has 0 aliphatic carbocycles. The third kappa shape index (κ3) is 4.63. The van der Waals surface area contributed by atoms with Crippen molar-refractivity contribution < 1.29 is 14.3 Å². The van der Waals surface area contributed by atoms with Gasteiger partial charge in [-0.3, -0.25) is 4.79 Å². The highest BCUT2D eigenvalue weighted by Crippen LogP contribution is 2.30. The van der Waals surface area contributed by atoms with E-state index in [9.17, 15) is 4.79 Å². The minimum absolute atomic E-state index is 0.259. The first-order valence-electron chi connectivity index (χ1n) is 7.86. The van der Waals surface area contributed by atoms with Gasteiger partial charge in [0.25, 0.3) is 0 Å². The SMILES string of the molecule is CCC(=O)Oc1cccc(I)c1COc1cc(Cl)c(CC)cc1C. The summed E-state index contributed by atoms with van der Waals surface area (Å²) in [5.74, 6) is 1.03. The summed E-state index contributed by atoms with van der Waals surface area (Å²) in [6.07, 6.45) is 1.21. The molecule has 0 bridgehead atoms. The van der Waals surface area contributed by atoms with Gasteiger partial charge in [0.15, 0.2) is 0 Å². The monoisotopic (exact) mass is 458 g/mol. The maximum Gasteiger partial charge on any atom is 0.310 e. The number of esters is 1. The zero-order valence-corrected chi connectivity index (χ0v) is 16.9. The van der Waals surface area contributed by atoms with Crippen LogP contribution >= 0.6 is 34.2 Å². The van der Waals surface area contributed by atoms with Crippen molar-refractivity contribution in [3.8, 4) is 11.5 Å². The Kier molecular flexibility index (Phi) is 6.92. The van der Waals surface area contributed by atoms with Crippen LogP contribution in [0.4, 0.5) is 0 Å². The predicted molar refractivity (Wildman–Crippen MR) is 105 cm³/mol. The summed E-state index contributed by atoms with van der Waals surface area (Å²) < 4.78 is 12.4. The van der Waals surface area contributed by atoms with Gasteiger partial charge in [-0.05, 0) is 65.3 Å². The quantitative estimate of drug-likeness (QED) is 0.316. The average molecular weight is 459 g/mol. The maximum absolute atomic E-state index is 11.6. The fraction of sp³-hybridized carbons (Fsp3) is 0.316. The number of hydrogen-bond donors (Lipinski definition) is 0. The fourth-order valence-electron chi connectivity index (χ4n) is 2.27. The molecule has 0 spiro atoms. The molecule has 0 saturated heterocycles. The third-order valence-corrected chi connectivity index (χ3v) is 5.05. The van der Waals surface area contributed by atoms with Gasteiger partial charge in [0.2, 0.25) is 0 Å². The Bertz CT molecular complexity index is 744. The lowest BCUT2D eigenvalue weighted by Gasteiger charge is -2.15. The molecule has 2 aromatic rings. The predicted octanol–water partition coefficient (Wildman–Crippen LogP) is 5.71. The Morgan fingerprint density at radius 2 is 1.96 bits per heavy atom. The van der Waals surface area contributed by atoms with Crippen molar-refractivity contribution >= 4 is 40.2 Å². The number of aryl methyl sites for hydroxylation is 2. The number of carbonyl (C=O) groups is 1. The van der Waals surface area contributed by atoms with Gasteiger partial charge in [0.05, 0.1) is 0 Å². The second-order valence-electron chi connectivity index (χ2n) is 5.40. The van der Waals surface area contributed by atoms with E-state index in [1.807, 2.05) is 31.2 Å². The molecule has 3 nitrogen and oxygen atoms in total. The maximum atomic E-state index is 11.6. The van der Waals surface area contributed by atoms with E-state index in [-0.39, 0.29) is 5.97 Å². The Hall–Kier alpha value is -1.27. The first-order valence-corrected chi connectivity index (χ1v) is 9.31. The first kappa shape index (κ1) is 19.1. The molecule has 0 heterocycles. The number of rotatable bonds is 6. The summed E-state index contributed by atoms with van der Waals surface area (Å²) in [5.41, 5.74) is 3.00. The Morgan fingerprint density at radius 1 is 1.21 bits per heavy atom. The van der Waals surface area contributed by atoms with Gasteiger partial charge in [0, 0.05) is 20.6 Å². The molecule has 0 N–H and O–H groups in total. The average Bonchev–Trinajstić information content (AvgIpc) is 2.56. The number of halogens is 2. The molecule has 0 aliphatic heterocycles. The fourth-order valence-corrected chi connectivity index (χ4v) is 3.19. The van der Waals surface area contributed by atoms with Crippen LogP contribution in [0.15, 0.2) is 30.3 Å². The van der Waals surface area contributed by atoms with Crippen molar-refractivity contribution in [1.82, 2.24) is 0 Å². The smallest absolute Gasteiger partial charge is 0.310 e. The zero-order valence-electron chi connectivity index (χ0n) is 14.0.